The van der Waals surface area contributed by atoms with Gasteiger partial charge in [-0.05, 0) is 39.2 Å². The van der Waals surface area contributed by atoms with Crippen molar-refractivity contribution >= 4 is 5.91 Å². The van der Waals surface area contributed by atoms with E-state index in [4.69, 9.17) is 9.47 Å². The Balaban J connectivity index is 1.64. The van der Waals surface area contributed by atoms with Crippen LogP contribution >= 0.6 is 0 Å². The van der Waals surface area contributed by atoms with Gasteiger partial charge in [-0.3, -0.25) is 4.79 Å². The molecule has 1 atom stereocenters. The Morgan fingerprint density at radius 3 is 2.70 bits per heavy atom. The third-order valence-electron chi connectivity index (χ3n) is 4.19. The molecule has 2 heterocycles. The minimum atomic E-state index is 0.194. The lowest BCUT2D eigenvalue weighted by molar-refractivity contribution is -0.138. The normalized spacial score (nSPS) is 24.9. The predicted octanol–water partition coefficient (Wildman–Crippen LogP) is 1.03. The average Bonchev–Trinajstić information content (AvgIpc) is 2.52. The first-order chi connectivity index (χ1) is 9.81. The van der Waals surface area contributed by atoms with Crippen LogP contribution in [-0.4, -0.2) is 62.9 Å². The van der Waals surface area contributed by atoms with Crippen molar-refractivity contribution in [2.45, 2.75) is 38.7 Å². The van der Waals surface area contributed by atoms with Gasteiger partial charge in [-0.2, -0.15) is 0 Å². The van der Waals surface area contributed by atoms with Crippen molar-refractivity contribution in [2.24, 2.45) is 5.92 Å². The molecule has 2 saturated heterocycles. The van der Waals surface area contributed by atoms with Gasteiger partial charge in [0.15, 0.2) is 0 Å². The van der Waals surface area contributed by atoms with Gasteiger partial charge in [0.25, 0.3) is 0 Å². The van der Waals surface area contributed by atoms with E-state index < -0.39 is 0 Å². The SMILES string of the molecule is CCOCCOC1CCN(C(=O)C2CCCNC2)CC1. The van der Waals surface area contributed by atoms with Crippen LogP contribution in [0.3, 0.4) is 0 Å². The maximum atomic E-state index is 12.4. The van der Waals surface area contributed by atoms with E-state index in [1.807, 2.05) is 11.8 Å². The molecule has 0 radical (unpaired) electrons. The average molecular weight is 284 g/mol. The smallest absolute Gasteiger partial charge is 0.226 e. The summed E-state index contributed by atoms with van der Waals surface area (Å²) in [5, 5.41) is 3.32. The lowest BCUT2D eigenvalue weighted by atomic mass is 9.96. The molecular formula is C15H28N2O3. The van der Waals surface area contributed by atoms with Gasteiger partial charge in [-0.1, -0.05) is 0 Å². The molecule has 0 aromatic rings. The third kappa shape index (κ3) is 4.72. The minimum Gasteiger partial charge on any atom is -0.379 e. The first kappa shape index (κ1) is 15.7. The van der Waals surface area contributed by atoms with Crippen molar-refractivity contribution in [3.63, 3.8) is 0 Å². The van der Waals surface area contributed by atoms with Crippen molar-refractivity contribution in [3.8, 4) is 0 Å². The fourth-order valence-corrected chi connectivity index (χ4v) is 2.98. The second kappa shape index (κ2) is 8.60. The van der Waals surface area contributed by atoms with Crippen LogP contribution in [0.5, 0.6) is 0 Å². The van der Waals surface area contributed by atoms with Crippen molar-refractivity contribution in [3.05, 3.63) is 0 Å². The van der Waals surface area contributed by atoms with E-state index in [2.05, 4.69) is 5.32 Å². The third-order valence-corrected chi connectivity index (χ3v) is 4.19. The second-order valence-corrected chi connectivity index (χ2v) is 5.64. The van der Waals surface area contributed by atoms with Crippen molar-refractivity contribution in [1.82, 2.24) is 10.2 Å². The summed E-state index contributed by atoms with van der Waals surface area (Å²) >= 11 is 0. The summed E-state index contributed by atoms with van der Waals surface area (Å²) in [5.41, 5.74) is 0. The molecule has 0 aliphatic carbocycles. The second-order valence-electron chi connectivity index (χ2n) is 5.64. The van der Waals surface area contributed by atoms with Crippen molar-refractivity contribution in [1.29, 1.82) is 0 Å². The lowest BCUT2D eigenvalue weighted by Gasteiger charge is -2.35. The molecule has 0 bridgehead atoms. The summed E-state index contributed by atoms with van der Waals surface area (Å²) in [6, 6.07) is 0. The highest BCUT2D eigenvalue weighted by atomic mass is 16.5. The van der Waals surface area contributed by atoms with Gasteiger partial charge in [0.2, 0.25) is 5.91 Å². The number of hydrogen-bond acceptors (Lipinski definition) is 4. The lowest BCUT2D eigenvalue weighted by Crippen LogP contribution is -2.47. The zero-order valence-electron chi connectivity index (χ0n) is 12.6. The molecule has 0 aromatic heterocycles. The zero-order valence-corrected chi connectivity index (χ0v) is 12.6. The Kier molecular flexibility index (Phi) is 6.76. The molecule has 1 N–H and O–H groups in total. The van der Waals surface area contributed by atoms with Crippen LogP contribution in [0.2, 0.25) is 0 Å². The highest BCUT2D eigenvalue weighted by Crippen LogP contribution is 2.19. The number of carbonyl (C=O) groups excluding carboxylic acids is 1. The van der Waals surface area contributed by atoms with Crippen molar-refractivity contribution in [2.75, 3.05) is 46.0 Å². The molecule has 2 aliphatic rings. The number of nitrogens with zero attached hydrogens (tertiary/aromatic N) is 1. The largest absolute Gasteiger partial charge is 0.379 e. The van der Waals surface area contributed by atoms with Crippen LogP contribution < -0.4 is 5.32 Å². The van der Waals surface area contributed by atoms with E-state index in [0.717, 1.165) is 58.5 Å². The maximum absolute atomic E-state index is 12.4. The van der Waals surface area contributed by atoms with E-state index in [1.54, 1.807) is 0 Å². The molecule has 1 unspecified atom stereocenters. The van der Waals surface area contributed by atoms with Crippen LogP contribution in [0.25, 0.3) is 0 Å². The highest BCUT2D eigenvalue weighted by molar-refractivity contribution is 5.79. The quantitative estimate of drug-likeness (QED) is 0.740. The number of amides is 1. The fraction of sp³-hybridized carbons (Fsp3) is 0.933. The molecule has 2 rings (SSSR count). The Hall–Kier alpha value is -0.650. The van der Waals surface area contributed by atoms with Gasteiger partial charge < -0.3 is 19.7 Å². The molecule has 0 spiro atoms. The van der Waals surface area contributed by atoms with Gasteiger partial charge in [0, 0.05) is 26.2 Å². The number of hydrogen-bond donors (Lipinski definition) is 1. The van der Waals surface area contributed by atoms with E-state index in [9.17, 15) is 4.79 Å². The van der Waals surface area contributed by atoms with Crippen LogP contribution in [0.1, 0.15) is 32.6 Å². The van der Waals surface area contributed by atoms with Gasteiger partial charge in [-0.15, -0.1) is 0 Å². The fourth-order valence-electron chi connectivity index (χ4n) is 2.98. The number of rotatable bonds is 6. The highest BCUT2D eigenvalue weighted by Gasteiger charge is 2.29. The number of nitrogens with one attached hydrogen (secondary N) is 1. The number of likely N-dealkylation sites (tertiary alicyclic amines) is 1. The van der Waals surface area contributed by atoms with Crippen LogP contribution in [0.4, 0.5) is 0 Å². The van der Waals surface area contributed by atoms with Crippen LogP contribution in [0, 0.1) is 5.92 Å². The molecule has 2 aliphatic heterocycles. The number of piperidine rings is 2. The van der Waals surface area contributed by atoms with E-state index >= 15 is 0 Å². The topological polar surface area (TPSA) is 50.8 Å². The zero-order chi connectivity index (χ0) is 14.2. The van der Waals surface area contributed by atoms with E-state index in [1.165, 1.54) is 0 Å². The Morgan fingerprint density at radius 1 is 1.25 bits per heavy atom. The molecule has 5 nitrogen and oxygen atoms in total. The summed E-state index contributed by atoms with van der Waals surface area (Å²) in [6.45, 7) is 7.66. The molecule has 2 fully saturated rings. The maximum Gasteiger partial charge on any atom is 0.226 e. The molecule has 5 heteroatoms. The first-order valence-corrected chi connectivity index (χ1v) is 8.00. The number of ether oxygens (including phenoxy) is 2. The van der Waals surface area contributed by atoms with Gasteiger partial charge in [-0.25, -0.2) is 0 Å². The number of carbonyl (C=O) groups is 1. The Morgan fingerprint density at radius 2 is 2.05 bits per heavy atom. The van der Waals surface area contributed by atoms with Gasteiger partial charge >= 0.3 is 0 Å². The van der Waals surface area contributed by atoms with Gasteiger partial charge in [0.05, 0.1) is 25.2 Å². The summed E-state index contributed by atoms with van der Waals surface area (Å²) in [7, 11) is 0. The summed E-state index contributed by atoms with van der Waals surface area (Å²) in [5.74, 6) is 0.532. The summed E-state index contributed by atoms with van der Waals surface area (Å²) < 4.78 is 11.1. The summed E-state index contributed by atoms with van der Waals surface area (Å²) in [6.07, 6.45) is 4.36. The molecule has 116 valence electrons. The van der Waals surface area contributed by atoms with Gasteiger partial charge in [0.1, 0.15) is 0 Å². The van der Waals surface area contributed by atoms with Crippen LogP contribution in [-0.2, 0) is 14.3 Å². The Bertz CT molecular complexity index is 285. The predicted molar refractivity (Wildman–Crippen MR) is 77.6 cm³/mol. The van der Waals surface area contributed by atoms with E-state index in [-0.39, 0.29) is 5.92 Å². The van der Waals surface area contributed by atoms with E-state index in [0.29, 0.717) is 25.2 Å². The molecule has 0 saturated carbocycles. The molecular weight excluding hydrogens is 256 g/mol. The Labute approximate surface area is 122 Å². The standard InChI is InChI=1S/C15H28N2O3/c1-2-19-10-11-20-14-5-8-17(9-6-14)15(18)13-4-3-7-16-12-13/h13-14,16H,2-12H2,1H3. The van der Waals surface area contributed by atoms with Crippen molar-refractivity contribution < 1.29 is 14.3 Å². The molecule has 1 amide bonds. The molecule has 20 heavy (non-hydrogen) atoms. The monoisotopic (exact) mass is 284 g/mol. The summed E-state index contributed by atoms with van der Waals surface area (Å²) in [4.78, 5) is 14.4. The van der Waals surface area contributed by atoms with Crippen LogP contribution in [0.15, 0.2) is 0 Å². The minimum absolute atomic E-state index is 0.194. The first-order valence-electron chi connectivity index (χ1n) is 8.00. The molecule has 0 aromatic carbocycles.